The molecule has 1 aliphatic rings. The summed E-state index contributed by atoms with van der Waals surface area (Å²) in [5, 5.41) is 2.77. The molecular weight excluding hydrogens is 369 g/mol. The number of hydrogen-bond donors (Lipinski definition) is 1. The standard InChI is InChI=1S/C19H22FN3O3S/c1-14-7-8-15(2)18(11-14)21-19(24)13-23-10-9-22(27(23,25)26)12-16-5-3-4-6-17(16)20/h3-8,11H,9-10,12-13H2,1-2H3,(H,21,24). The van der Waals surface area contributed by atoms with Crippen LogP contribution in [0.2, 0.25) is 0 Å². The van der Waals surface area contributed by atoms with Crippen molar-refractivity contribution in [1.29, 1.82) is 0 Å². The lowest BCUT2D eigenvalue weighted by atomic mass is 10.1. The molecule has 0 saturated carbocycles. The van der Waals surface area contributed by atoms with E-state index < -0.39 is 21.9 Å². The number of nitrogens with zero attached hydrogens (tertiary/aromatic N) is 2. The molecule has 2 aromatic carbocycles. The Morgan fingerprint density at radius 1 is 1.11 bits per heavy atom. The Morgan fingerprint density at radius 2 is 1.81 bits per heavy atom. The van der Waals surface area contributed by atoms with Gasteiger partial charge in [0.2, 0.25) is 5.91 Å². The molecule has 144 valence electrons. The van der Waals surface area contributed by atoms with Crippen LogP contribution in [0.4, 0.5) is 10.1 Å². The van der Waals surface area contributed by atoms with Gasteiger partial charge in [0.1, 0.15) is 5.82 Å². The van der Waals surface area contributed by atoms with E-state index in [2.05, 4.69) is 5.32 Å². The van der Waals surface area contributed by atoms with Crippen LogP contribution in [-0.4, -0.2) is 42.6 Å². The summed E-state index contributed by atoms with van der Waals surface area (Å²) in [5.41, 5.74) is 2.88. The molecule has 0 aromatic heterocycles. The molecule has 1 fully saturated rings. The molecule has 0 bridgehead atoms. The van der Waals surface area contributed by atoms with Crippen LogP contribution in [0.1, 0.15) is 16.7 Å². The van der Waals surface area contributed by atoms with E-state index in [1.807, 2.05) is 32.0 Å². The lowest BCUT2D eigenvalue weighted by Gasteiger charge is -2.19. The average Bonchev–Trinajstić information content (AvgIpc) is 2.87. The van der Waals surface area contributed by atoms with Crippen molar-refractivity contribution < 1.29 is 17.6 Å². The highest BCUT2D eigenvalue weighted by Gasteiger charge is 2.37. The molecule has 0 spiro atoms. The van der Waals surface area contributed by atoms with Gasteiger partial charge in [-0.1, -0.05) is 30.3 Å². The summed E-state index contributed by atoms with van der Waals surface area (Å²) in [7, 11) is -3.81. The van der Waals surface area contributed by atoms with Crippen LogP contribution in [0.5, 0.6) is 0 Å². The molecule has 1 aliphatic heterocycles. The Kier molecular flexibility index (Phi) is 5.59. The Bertz CT molecular complexity index is 962. The lowest BCUT2D eigenvalue weighted by molar-refractivity contribution is -0.116. The van der Waals surface area contributed by atoms with Crippen molar-refractivity contribution in [3.8, 4) is 0 Å². The highest BCUT2D eigenvalue weighted by Crippen LogP contribution is 2.21. The van der Waals surface area contributed by atoms with Crippen molar-refractivity contribution in [2.24, 2.45) is 0 Å². The topological polar surface area (TPSA) is 69.7 Å². The van der Waals surface area contributed by atoms with Crippen molar-refractivity contribution >= 4 is 21.8 Å². The molecule has 1 heterocycles. The van der Waals surface area contributed by atoms with Gasteiger partial charge in [0.25, 0.3) is 10.2 Å². The third kappa shape index (κ3) is 4.35. The molecule has 1 amide bonds. The molecule has 8 heteroatoms. The first kappa shape index (κ1) is 19.5. The van der Waals surface area contributed by atoms with Crippen LogP contribution in [0.15, 0.2) is 42.5 Å². The van der Waals surface area contributed by atoms with Crippen LogP contribution < -0.4 is 5.32 Å². The Morgan fingerprint density at radius 3 is 2.56 bits per heavy atom. The Hall–Kier alpha value is -2.29. The SMILES string of the molecule is Cc1ccc(C)c(NC(=O)CN2CCN(Cc3ccccc3F)S2(=O)=O)c1. The van der Waals surface area contributed by atoms with Crippen LogP contribution in [0.25, 0.3) is 0 Å². The van der Waals surface area contributed by atoms with Gasteiger partial charge in [0.05, 0.1) is 6.54 Å². The monoisotopic (exact) mass is 391 g/mol. The van der Waals surface area contributed by atoms with Gasteiger partial charge in [-0.3, -0.25) is 4.79 Å². The number of anilines is 1. The van der Waals surface area contributed by atoms with E-state index in [0.29, 0.717) is 11.3 Å². The smallest absolute Gasteiger partial charge is 0.282 e. The molecule has 27 heavy (non-hydrogen) atoms. The number of aryl methyl sites for hydroxylation is 2. The molecule has 1 N–H and O–H groups in total. The van der Waals surface area contributed by atoms with Gasteiger partial charge in [-0.2, -0.15) is 17.0 Å². The van der Waals surface area contributed by atoms with Gasteiger partial charge in [0.15, 0.2) is 0 Å². The predicted molar refractivity (Wildman–Crippen MR) is 102 cm³/mol. The number of rotatable bonds is 5. The van der Waals surface area contributed by atoms with Crippen molar-refractivity contribution in [3.05, 3.63) is 65.0 Å². The van der Waals surface area contributed by atoms with E-state index in [-0.39, 0.29) is 26.2 Å². The average molecular weight is 391 g/mol. The zero-order chi connectivity index (χ0) is 19.6. The van der Waals surface area contributed by atoms with E-state index >= 15 is 0 Å². The molecule has 1 saturated heterocycles. The highest BCUT2D eigenvalue weighted by molar-refractivity contribution is 7.87. The van der Waals surface area contributed by atoms with Crippen molar-refractivity contribution in [2.75, 3.05) is 25.0 Å². The summed E-state index contributed by atoms with van der Waals surface area (Å²) < 4.78 is 41.5. The zero-order valence-corrected chi connectivity index (χ0v) is 16.1. The van der Waals surface area contributed by atoms with Crippen LogP contribution >= 0.6 is 0 Å². The second-order valence-electron chi connectivity index (χ2n) is 6.63. The summed E-state index contributed by atoms with van der Waals surface area (Å²) in [6.45, 7) is 3.87. The van der Waals surface area contributed by atoms with Crippen molar-refractivity contribution in [3.63, 3.8) is 0 Å². The van der Waals surface area contributed by atoms with E-state index in [1.165, 1.54) is 10.4 Å². The maximum absolute atomic E-state index is 13.8. The molecule has 0 unspecified atom stereocenters. The number of halogens is 1. The quantitative estimate of drug-likeness (QED) is 0.851. The molecule has 6 nitrogen and oxygen atoms in total. The van der Waals surface area contributed by atoms with Gasteiger partial charge in [-0.05, 0) is 37.1 Å². The Balaban J connectivity index is 1.67. The van der Waals surface area contributed by atoms with E-state index in [9.17, 15) is 17.6 Å². The van der Waals surface area contributed by atoms with Crippen LogP contribution in [0, 0.1) is 19.7 Å². The number of amides is 1. The number of carbonyl (C=O) groups is 1. The van der Waals surface area contributed by atoms with Gasteiger partial charge in [0, 0.05) is 30.9 Å². The fraction of sp³-hybridized carbons (Fsp3) is 0.316. The molecule has 2 aromatic rings. The molecule has 0 radical (unpaired) electrons. The number of benzene rings is 2. The van der Waals surface area contributed by atoms with Crippen molar-refractivity contribution in [1.82, 2.24) is 8.61 Å². The molecular formula is C19H22FN3O3S. The summed E-state index contributed by atoms with van der Waals surface area (Å²) >= 11 is 0. The van der Waals surface area contributed by atoms with Crippen LogP contribution in [-0.2, 0) is 21.5 Å². The molecule has 0 aliphatic carbocycles. The predicted octanol–water partition coefficient (Wildman–Crippen LogP) is 2.44. The lowest BCUT2D eigenvalue weighted by Crippen LogP contribution is -2.38. The third-order valence-corrected chi connectivity index (χ3v) is 6.47. The largest absolute Gasteiger partial charge is 0.325 e. The summed E-state index contributed by atoms with van der Waals surface area (Å²) in [4.78, 5) is 12.3. The van der Waals surface area contributed by atoms with Gasteiger partial charge in [-0.15, -0.1) is 0 Å². The summed E-state index contributed by atoms with van der Waals surface area (Å²) in [5.74, 6) is -0.848. The van der Waals surface area contributed by atoms with E-state index in [4.69, 9.17) is 0 Å². The minimum absolute atomic E-state index is 0.0515. The maximum atomic E-state index is 13.8. The first-order chi connectivity index (χ1) is 12.8. The normalized spacial score (nSPS) is 17.1. The minimum Gasteiger partial charge on any atom is -0.325 e. The van der Waals surface area contributed by atoms with Crippen LogP contribution in [0.3, 0.4) is 0 Å². The fourth-order valence-corrected chi connectivity index (χ4v) is 4.51. The number of carbonyl (C=O) groups excluding carboxylic acids is 1. The van der Waals surface area contributed by atoms with Gasteiger partial charge < -0.3 is 5.32 Å². The van der Waals surface area contributed by atoms with Gasteiger partial charge >= 0.3 is 0 Å². The first-order valence-corrected chi connectivity index (χ1v) is 10.0. The van der Waals surface area contributed by atoms with E-state index in [0.717, 1.165) is 15.4 Å². The second-order valence-corrected chi connectivity index (χ2v) is 8.56. The highest BCUT2D eigenvalue weighted by atomic mass is 32.2. The zero-order valence-electron chi connectivity index (χ0n) is 15.3. The molecule has 3 rings (SSSR count). The molecule has 0 atom stereocenters. The third-order valence-electron chi connectivity index (χ3n) is 4.54. The maximum Gasteiger partial charge on any atom is 0.282 e. The Labute approximate surface area is 158 Å². The first-order valence-electron chi connectivity index (χ1n) is 8.63. The number of hydrogen-bond acceptors (Lipinski definition) is 3. The van der Waals surface area contributed by atoms with Crippen molar-refractivity contribution in [2.45, 2.75) is 20.4 Å². The summed E-state index contributed by atoms with van der Waals surface area (Å²) in [6, 6.07) is 11.8. The summed E-state index contributed by atoms with van der Waals surface area (Å²) in [6.07, 6.45) is 0. The number of nitrogens with one attached hydrogen (secondary N) is 1. The van der Waals surface area contributed by atoms with Gasteiger partial charge in [-0.25, -0.2) is 4.39 Å². The second kappa shape index (κ2) is 7.75. The minimum atomic E-state index is -3.81. The van der Waals surface area contributed by atoms with E-state index in [1.54, 1.807) is 18.2 Å². The fourth-order valence-electron chi connectivity index (χ4n) is 2.98.